The fraction of sp³-hybridized carbons (Fsp3) is 0.562. The molecule has 0 spiro atoms. The van der Waals surface area contributed by atoms with Gasteiger partial charge in [0.1, 0.15) is 0 Å². The number of nitriles is 1. The maximum absolute atomic E-state index is 10.4. The zero-order chi connectivity index (χ0) is 13.1. The monoisotopic (exact) mass is 243 g/mol. The normalized spacial score (nSPS) is 29.6. The van der Waals surface area contributed by atoms with Gasteiger partial charge in [-0.3, -0.25) is 0 Å². The molecule has 96 valence electrons. The largest absolute Gasteiger partial charge is 0.388 e. The van der Waals surface area contributed by atoms with Gasteiger partial charge in [-0.15, -0.1) is 0 Å². The summed E-state index contributed by atoms with van der Waals surface area (Å²) in [4.78, 5) is 0. The Morgan fingerprint density at radius 1 is 1.17 bits per heavy atom. The number of aliphatic hydroxyl groups is 1. The van der Waals surface area contributed by atoms with Gasteiger partial charge in [0, 0.05) is 0 Å². The van der Waals surface area contributed by atoms with Crippen molar-refractivity contribution in [2.45, 2.75) is 39.2 Å². The summed E-state index contributed by atoms with van der Waals surface area (Å²) in [6.07, 6.45) is 3.03. The van der Waals surface area contributed by atoms with E-state index < -0.39 is 0 Å². The molecular weight excluding hydrogens is 222 g/mol. The molecule has 0 bridgehead atoms. The summed E-state index contributed by atoms with van der Waals surface area (Å²) in [5.74, 6) is 1.83. The van der Waals surface area contributed by atoms with E-state index in [2.05, 4.69) is 19.9 Å². The van der Waals surface area contributed by atoms with Crippen LogP contribution in [0.3, 0.4) is 0 Å². The lowest BCUT2D eigenvalue weighted by atomic mass is 9.73. The van der Waals surface area contributed by atoms with Gasteiger partial charge < -0.3 is 5.11 Å². The second-order valence-electron chi connectivity index (χ2n) is 5.71. The van der Waals surface area contributed by atoms with Crippen molar-refractivity contribution in [1.29, 1.82) is 5.26 Å². The molecule has 2 heteroatoms. The minimum atomic E-state index is -0.382. The first kappa shape index (κ1) is 13.1. The SMILES string of the molecule is CC1CCC(C(O)c2ccc(C#N)cc2)CC1C. The van der Waals surface area contributed by atoms with Gasteiger partial charge in [-0.1, -0.05) is 32.4 Å². The zero-order valence-corrected chi connectivity index (χ0v) is 11.1. The standard InChI is InChI=1S/C16H21NO/c1-11-3-6-15(9-12(11)2)16(18)14-7-4-13(10-17)5-8-14/h4-5,7-8,11-12,15-16,18H,3,6,9H2,1-2H3. The molecule has 0 amide bonds. The van der Waals surface area contributed by atoms with Gasteiger partial charge in [0.25, 0.3) is 0 Å². The summed E-state index contributed by atoms with van der Waals surface area (Å²) in [6, 6.07) is 9.44. The van der Waals surface area contributed by atoms with Crippen LogP contribution >= 0.6 is 0 Å². The highest BCUT2D eigenvalue weighted by Gasteiger charge is 2.29. The number of aliphatic hydroxyl groups excluding tert-OH is 1. The van der Waals surface area contributed by atoms with E-state index in [4.69, 9.17) is 5.26 Å². The molecule has 2 nitrogen and oxygen atoms in total. The van der Waals surface area contributed by atoms with Gasteiger partial charge in [0.05, 0.1) is 17.7 Å². The second kappa shape index (κ2) is 5.54. The Labute approximate surface area is 109 Å². The van der Waals surface area contributed by atoms with Crippen molar-refractivity contribution in [2.75, 3.05) is 0 Å². The summed E-state index contributed by atoms with van der Waals surface area (Å²) in [7, 11) is 0. The molecule has 1 aliphatic carbocycles. The first-order valence-corrected chi connectivity index (χ1v) is 6.80. The van der Waals surface area contributed by atoms with Crippen LogP contribution in [0.1, 0.15) is 50.3 Å². The highest BCUT2D eigenvalue weighted by Crippen LogP contribution is 2.39. The van der Waals surface area contributed by atoms with Gasteiger partial charge in [0.15, 0.2) is 0 Å². The minimum absolute atomic E-state index is 0.365. The van der Waals surface area contributed by atoms with Crippen LogP contribution in [-0.2, 0) is 0 Å². The van der Waals surface area contributed by atoms with Crippen molar-refractivity contribution in [3.05, 3.63) is 35.4 Å². The predicted molar refractivity (Wildman–Crippen MR) is 71.8 cm³/mol. The summed E-state index contributed by atoms with van der Waals surface area (Å²) in [5.41, 5.74) is 1.59. The van der Waals surface area contributed by atoms with E-state index in [0.29, 0.717) is 17.4 Å². The van der Waals surface area contributed by atoms with Crippen LogP contribution in [0.15, 0.2) is 24.3 Å². The van der Waals surface area contributed by atoms with Gasteiger partial charge in [-0.05, 0) is 48.3 Å². The topological polar surface area (TPSA) is 44.0 Å². The molecule has 0 radical (unpaired) electrons. The highest BCUT2D eigenvalue weighted by atomic mass is 16.3. The maximum atomic E-state index is 10.4. The Hall–Kier alpha value is -1.33. The van der Waals surface area contributed by atoms with Gasteiger partial charge >= 0.3 is 0 Å². The first-order valence-electron chi connectivity index (χ1n) is 6.80. The Balaban J connectivity index is 2.06. The number of hydrogen-bond donors (Lipinski definition) is 1. The van der Waals surface area contributed by atoms with E-state index >= 15 is 0 Å². The van der Waals surface area contributed by atoms with Crippen LogP contribution in [-0.4, -0.2) is 5.11 Å². The average Bonchev–Trinajstić information content (AvgIpc) is 2.41. The quantitative estimate of drug-likeness (QED) is 0.861. The van der Waals surface area contributed by atoms with Crippen LogP contribution < -0.4 is 0 Å². The number of hydrogen-bond acceptors (Lipinski definition) is 2. The Morgan fingerprint density at radius 2 is 1.83 bits per heavy atom. The van der Waals surface area contributed by atoms with Crippen LogP contribution in [0.25, 0.3) is 0 Å². The molecule has 1 aliphatic rings. The molecule has 0 heterocycles. The van der Waals surface area contributed by atoms with Crippen LogP contribution in [0.2, 0.25) is 0 Å². The summed E-state index contributed by atoms with van der Waals surface area (Å²) in [6.45, 7) is 4.58. The number of benzene rings is 1. The van der Waals surface area contributed by atoms with Crippen molar-refractivity contribution in [1.82, 2.24) is 0 Å². The fourth-order valence-corrected chi connectivity index (χ4v) is 2.90. The van der Waals surface area contributed by atoms with E-state index in [0.717, 1.165) is 24.3 Å². The molecule has 1 saturated carbocycles. The summed E-state index contributed by atoms with van der Waals surface area (Å²) >= 11 is 0. The van der Waals surface area contributed by atoms with Crippen molar-refractivity contribution in [3.63, 3.8) is 0 Å². The molecule has 4 unspecified atom stereocenters. The van der Waals surface area contributed by atoms with E-state index in [-0.39, 0.29) is 6.10 Å². The third-order valence-electron chi connectivity index (χ3n) is 4.47. The van der Waals surface area contributed by atoms with E-state index in [1.807, 2.05) is 12.1 Å². The molecule has 1 aromatic carbocycles. The van der Waals surface area contributed by atoms with Gasteiger partial charge in [-0.25, -0.2) is 0 Å². The molecule has 1 fully saturated rings. The molecule has 18 heavy (non-hydrogen) atoms. The Kier molecular flexibility index (Phi) is 4.04. The van der Waals surface area contributed by atoms with E-state index in [1.165, 1.54) is 6.42 Å². The van der Waals surface area contributed by atoms with Crippen molar-refractivity contribution < 1.29 is 5.11 Å². The minimum Gasteiger partial charge on any atom is -0.388 e. The van der Waals surface area contributed by atoms with E-state index in [9.17, 15) is 5.11 Å². The van der Waals surface area contributed by atoms with Crippen LogP contribution in [0, 0.1) is 29.1 Å². The van der Waals surface area contributed by atoms with E-state index in [1.54, 1.807) is 12.1 Å². The predicted octanol–water partition coefficient (Wildman–Crippen LogP) is 3.66. The molecule has 0 aromatic heterocycles. The third kappa shape index (κ3) is 2.73. The number of rotatable bonds is 2. The molecule has 2 rings (SSSR count). The molecular formula is C16H21NO. The molecule has 0 aliphatic heterocycles. The lowest BCUT2D eigenvalue weighted by Gasteiger charge is -2.34. The molecule has 1 N–H and O–H groups in total. The van der Waals surface area contributed by atoms with Crippen molar-refractivity contribution in [3.8, 4) is 6.07 Å². The lowest BCUT2D eigenvalue weighted by molar-refractivity contribution is 0.0561. The van der Waals surface area contributed by atoms with Crippen LogP contribution in [0.4, 0.5) is 0 Å². The smallest absolute Gasteiger partial charge is 0.0991 e. The van der Waals surface area contributed by atoms with Gasteiger partial charge in [0.2, 0.25) is 0 Å². The molecule has 0 saturated heterocycles. The Morgan fingerprint density at radius 3 is 2.39 bits per heavy atom. The third-order valence-corrected chi connectivity index (χ3v) is 4.47. The number of nitrogens with zero attached hydrogens (tertiary/aromatic N) is 1. The maximum Gasteiger partial charge on any atom is 0.0991 e. The molecule has 4 atom stereocenters. The lowest BCUT2D eigenvalue weighted by Crippen LogP contribution is -2.25. The second-order valence-corrected chi connectivity index (χ2v) is 5.71. The Bertz CT molecular complexity index is 431. The summed E-state index contributed by atoms with van der Waals surface area (Å²) < 4.78 is 0. The van der Waals surface area contributed by atoms with Gasteiger partial charge in [-0.2, -0.15) is 5.26 Å². The average molecular weight is 243 g/mol. The highest BCUT2D eigenvalue weighted by molar-refractivity contribution is 5.32. The fourth-order valence-electron chi connectivity index (χ4n) is 2.90. The molecule has 1 aromatic rings. The van der Waals surface area contributed by atoms with Crippen molar-refractivity contribution >= 4 is 0 Å². The summed E-state index contributed by atoms with van der Waals surface area (Å²) in [5, 5.41) is 19.2. The first-order chi connectivity index (χ1) is 8.61. The van der Waals surface area contributed by atoms with Crippen LogP contribution in [0.5, 0.6) is 0 Å². The van der Waals surface area contributed by atoms with Crippen molar-refractivity contribution in [2.24, 2.45) is 17.8 Å². The zero-order valence-electron chi connectivity index (χ0n) is 11.1.